The summed E-state index contributed by atoms with van der Waals surface area (Å²) in [5.74, 6) is -1.06. The Morgan fingerprint density at radius 3 is 2.70 bits per heavy atom. The molecule has 10 heteroatoms. The van der Waals surface area contributed by atoms with E-state index in [-0.39, 0.29) is 29.6 Å². The van der Waals surface area contributed by atoms with Gasteiger partial charge in [-0.15, -0.1) is 11.3 Å². The SMILES string of the molecule is CC(=O)c1sc(Nc2ccc(I)cc2F)c(C(=O)NC2CCCN(C(=O)O)C2)c1C. The maximum atomic E-state index is 14.3. The fourth-order valence-corrected chi connectivity index (χ4v) is 5.02. The first-order chi connectivity index (χ1) is 14.2. The number of anilines is 2. The molecule has 0 saturated carbocycles. The summed E-state index contributed by atoms with van der Waals surface area (Å²) in [6.45, 7) is 3.74. The van der Waals surface area contributed by atoms with Crippen molar-refractivity contribution < 1.29 is 23.9 Å². The molecule has 3 N–H and O–H groups in total. The lowest BCUT2D eigenvalue weighted by Crippen LogP contribution is -2.49. The van der Waals surface area contributed by atoms with Gasteiger partial charge >= 0.3 is 6.09 Å². The van der Waals surface area contributed by atoms with Crippen molar-refractivity contribution in [2.45, 2.75) is 32.7 Å². The van der Waals surface area contributed by atoms with Gasteiger partial charge in [-0.2, -0.15) is 0 Å². The first kappa shape index (κ1) is 22.5. The number of amides is 2. The Hall–Kier alpha value is -2.21. The summed E-state index contributed by atoms with van der Waals surface area (Å²) < 4.78 is 15.1. The molecule has 1 atom stereocenters. The first-order valence-electron chi connectivity index (χ1n) is 9.32. The number of rotatable bonds is 5. The predicted octanol–water partition coefficient (Wildman–Crippen LogP) is 4.62. The van der Waals surface area contributed by atoms with Crippen LogP contribution in [0.3, 0.4) is 0 Å². The number of halogens is 2. The Labute approximate surface area is 190 Å². The zero-order valence-corrected chi connectivity index (χ0v) is 19.4. The Bertz CT molecular complexity index is 1010. The molecule has 1 aromatic heterocycles. The summed E-state index contributed by atoms with van der Waals surface area (Å²) in [7, 11) is 0. The smallest absolute Gasteiger partial charge is 0.407 e. The van der Waals surface area contributed by atoms with Gasteiger partial charge in [0.1, 0.15) is 10.8 Å². The number of carbonyl (C=O) groups is 3. The van der Waals surface area contributed by atoms with Gasteiger partial charge in [-0.1, -0.05) is 0 Å². The van der Waals surface area contributed by atoms with Crippen LogP contribution in [0, 0.1) is 16.3 Å². The van der Waals surface area contributed by atoms with Crippen LogP contribution in [0.15, 0.2) is 18.2 Å². The maximum Gasteiger partial charge on any atom is 0.407 e. The van der Waals surface area contributed by atoms with E-state index in [1.165, 1.54) is 17.9 Å². The van der Waals surface area contributed by atoms with Crippen LogP contribution in [0.5, 0.6) is 0 Å². The van der Waals surface area contributed by atoms with E-state index in [1.54, 1.807) is 19.1 Å². The van der Waals surface area contributed by atoms with Crippen LogP contribution in [0.25, 0.3) is 0 Å². The minimum Gasteiger partial charge on any atom is -0.465 e. The number of nitrogens with zero attached hydrogens (tertiary/aromatic N) is 1. The highest BCUT2D eigenvalue weighted by Gasteiger charge is 2.28. The van der Waals surface area contributed by atoms with Gasteiger partial charge in [0.15, 0.2) is 5.78 Å². The second-order valence-electron chi connectivity index (χ2n) is 7.11. The van der Waals surface area contributed by atoms with Crippen molar-refractivity contribution in [1.82, 2.24) is 10.2 Å². The summed E-state index contributed by atoms with van der Waals surface area (Å²) in [5.41, 5.74) is 0.996. The molecule has 2 aromatic rings. The van der Waals surface area contributed by atoms with Crippen molar-refractivity contribution in [2.75, 3.05) is 18.4 Å². The molecule has 0 aliphatic carbocycles. The molecule has 7 nitrogen and oxygen atoms in total. The lowest BCUT2D eigenvalue weighted by molar-refractivity contribution is 0.0889. The Kier molecular flexibility index (Phi) is 6.96. The number of carbonyl (C=O) groups excluding carboxylic acids is 2. The first-order valence-corrected chi connectivity index (χ1v) is 11.2. The number of hydrogen-bond acceptors (Lipinski definition) is 5. The Morgan fingerprint density at radius 1 is 1.33 bits per heavy atom. The summed E-state index contributed by atoms with van der Waals surface area (Å²) in [6, 6.07) is 4.36. The number of piperidine rings is 1. The van der Waals surface area contributed by atoms with E-state index in [2.05, 4.69) is 10.6 Å². The fourth-order valence-electron chi connectivity index (χ4n) is 3.45. The molecule has 0 spiro atoms. The van der Waals surface area contributed by atoms with Gasteiger partial charge in [-0.25, -0.2) is 9.18 Å². The van der Waals surface area contributed by atoms with Gasteiger partial charge in [0.25, 0.3) is 5.91 Å². The topological polar surface area (TPSA) is 98.7 Å². The Morgan fingerprint density at radius 2 is 2.07 bits per heavy atom. The molecule has 1 aliphatic rings. The minimum absolute atomic E-state index is 0.183. The van der Waals surface area contributed by atoms with E-state index in [1.807, 2.05) is 22.6 Å². The van der Waals surface area contributed by atoms with E-state index in [0.29, 0.717) is 34.8 Å². The van der Waals surface area contributed by atoms with Crippen molar-refractivity contribution in [2.24, 2.45) is 0 Å². The van der Waals surface area contributed by atoms with Gasteiger partial charge in [0, 0.05) is 22.7 Å². The van der Waals surface area contributed by atoms with Crippen LogP contribution < -0.4 is 10.6 Å². The molecular formula is C20H21FIN3O4S. The quantitative estimate of drug-likeness (QED) is 0.377. The van der Waals surface area contributed by atoms with Crippen LogP contribution >= 0.6 is 33.9 Å². The molecule has 0 radical (unpaired) electrons. The van der Waals surface area contributed by atoms with Crippen molar-refractivity contribution in [3.8, 4) is 0 Å². The molecule has 1 unspecified atom stereocenters. The van der Waals surface area contributed by atoms with E-state index in [4.69, 9.17) is 0 Å². The van der Waals surface area contributed by atoms with Crippen LogP contribution in [0.4, 0.5) is 19.9 Å². The van der Waals surface area contributed by atoms with Gasteiger partial charge in [0.2, 0.25) is 0 Å². The summed E-state index contributed by atoms with van der Waals surface area (Å²) in [6.07, 6.45) is 0.292. The highest BCUT2D eigenvalue weighted by molar-refractivity contribution is 14.1. The minimum atomic E-state index is -1.02. The number of carboxylic acid groups (broad SMARTS) is 1. The third kappa shape index (κ3) is 4.91. The van der Waals surface area contributed by atoms with Crippen molar-refractivity contribution in [3.63, 3.8) is 0 Å². The van der Waals surface area contributed by atoms with E-state index < -0.39 is 17.8 Å². The number of ketones is 1. The summed E-state index contributed by atoms with van der Waals surface area (Å²) in [4.78, 5) is 38.0. The third-order valence-electron chi connectivity index (χ3n) is 4.90. The number of Topliss-reactive ketones (excluding diaryl/α,β-unsaturated/α-hetero) is 1. The van der Waals surface area contributed by atoms with Crippen molar-refractivity contribution in [3.05, 3.63) is 43.6 Å². The highest BCUT2D eigenvalue weighted by atomic mass is 127. The summed E-state index contributed by atoms with van der Waals surface area (Å²) >= 11 is 3.11. The van der Waals surface area contributed by atoms with Crippen LogP contribution in [-0.4, -0.2) is 46.9 Å². The van der Waals surface area contributed by atoms with E-state index in [9.17, 15) is 23.9 Å². The lowest BCUT2D eigenvalue weighted by atomic mass is 10.0. The second-order valence-corrected chi connectivity index (χ2v) is 9.37. The monoisotopic (exact) mass is 545 g/mol. The Balaban J connectivity index is 1.89. The molecule has 1 saturated heterocycles. The number of hydrogen-bond donors (Lipinski definition) is 3. The van der Waals surface area contributed by atoms with E-state index in [0.717, 1.165) is 14.9 Å². The largest absolute Gasteiger partial charge is 0.465 e. The standard InChI is InChI=1S/C20H21FIN3O4S/c1-10-16(18(27)23-13-4-3-7-25(9-13)20(28)29)19(30-17(10)11(2)26)24-15-6-5-12(22)8-14(15)21/h5-6,8,13,24H,3-4,7,9H2,1-2H3,(H,23,27)(H,28,29). The van der Waals surface area contributed by atoms with Crippen LogP contribution in [0.1, 0.15) is 45.4 Å². The average Bonchev–Trinajstić information content (AvgIpc) is 3.00. The highest BCUT2D eigenvalue weighted by Crippen LogP contribution is 2.36. The molecule has 0 bridgehead atoms. The van der Waals surface area contributed by atoms with Crippen LogP contribution in [0.2, 0.25) is 0 Å². The molecule has 1 fully saturated rings. The second kappa shape index (κ2) is 9.29. The van der Waals surface area contributed by atoms with Crippen LogP contribution in [-0.2, 0) is 0 Å². The van der Waals surface area contributed by atoms with Gasteiger partial charge in [-0.05, 0) is 73.0 Å². The molecule has 160 valence electrons. The summed E-state index contributed by atoms with van der Waals surface area (Å²) in [5, 5.41) is 15.4. The molecule has 2 heterocycles. The fraction of sp³-hybridized carbons (Fsp3) is 0.350. The van der Waals surface area contributed by atoms with Crippen molar-refractivity contribution >= 4 is 62.4 Å². The van der Waals surface area contributed by atoms with Gasteiger partial charge < -0.3 is 20.6 Å². The van der Waals surface area contributed by atoms with Crippen molar-refractivity contribution in [1.29, 1.82) is 0 Å². The zero-order chi connectivity index (χ0) is 22.0. The third-order valence-corrected chi connectivity index (χ3v) is 6.88. The molecule has 3 rings (SSSR count). The lowest BCUT2D eigenvalue weighted by Gasteiger charge is -2.31. The normalized spacial score (nSPS) is 16.3. The number of benzene rings is 1. The molecule has 2 amide bonds. The molecule has 1 aliphatic heterocycles. The molecular weight excluding hydrogens is 524 g/mol. The molecule has 30 heavy (non-hydrogen) atoms. The molecule has 1 aromatic carbocycles. The average molecular weight is 545 g/mol. The van der Waals surface area contributed by atoms with E-state index >= 15 is 0 Å². The predicted molar refractivity (Wildman–Crippen MR) is 122 cm³/mol. The zero-order valence-electron chi connectivity index (χ0n) is 16.4. The van der Waals surface area contributed by atoms with Gasteiger partial charge in [0.05, 0.1) is 16.1 Å². The number of nitrogens with one attached hydrogen (secondary N) is 2. The number of thiophene rings is 1. The number of likely N-dealkylation sites (tertiary alicyclic amines) is 1. The van der Waals surface area contributed by atoms with Gasteiger partial charge in [-0.3, -0.25) is 9.59 Å². The maximum absolute atomic E-state index is 14.3.